The van der Waals surface area contributed by atoms with Gasteiger partial charge in [0.05, 0.1) is 11.4 Å². The van der Waals surface area contributed by atoms with E-state index < -0.39 is 0 Å². The molecule has 1 aromatic rings. The summed E-state index contributed by atoms with van der Waals surface area (Å²) < 4.78 is 0. The van der Waals surface area contributed by atoms with Gasteiger partial charge in [0.15, 0.2) is 0 Å². The molecule has 3 nitrogen and oxygen atoms in total. The van der Waals surface area contributed by atoms with Crippen LogP contribution in [0.25, 0.3) is 0 Å². The van der Waals surface area contributed by atoms with Crippen LogP contribution in [-0.2, 0) is 0 Å². The van der Waals surface area contributed by atoms with Crippen LogP contribution in [-0.4, -0.2) is 13.1 Å². The van der Waals surface area contributed by atoms with Crippen LogP contribution >= 0.6 is 0 Å². The Kier molecular flexibility index (Phi) is 2.71. The van der Waals surface area contributed by atoms with Gasteiger partial charge >= 0.3 is 0 Å². The van der Waals surface area contributed by atoms with Gasteiger partial charge in [0.25, 0.3) is 0 Å². The number of nitrogens with zero attached hydrogens (tertiary/aromatic N) is 1. The first-order valence-corrected chi connectivity index (χ1v) is 5.59. The van der Waals surface area contributed by atoms with E-state index in [1.54, 1.807) is 0 Å². The number of nitrogen functional groups attached to an aromatic ring is 2. The van der Waals surface area contributed by atoms with Gasteiger partial charge in [-0.2, -0.15) is 0 Å². The molecule has 1 aliphatic rings. The van der Waals surface area contributed by atoms with Gasteiger partial charge < -0.3 is 16.4 Å². The number of nitrogens with two attached hydrogens (primary N) is 2. The Hall–Kier alpha value is -1.38. The minimum atomic E-state index is 0.704. The van der Waals surface area contributed by atoms with E-state index in [1.807, 2.05) is 13.0 Å². The van der Waals surface area contributed by atoms with E-state index in [0.29, 0.717) is 5.69 Å². The predicted octanol–water partition coefficient (Wildman–Crippen LogP) is 2.15. The summed E-state index contributed by atoms with van der Waals surface area (Å²) in [7, 11) is 0. The molecule has 0 spiro atoms. The van der Waals surface area contributed by atoms with Gasteiger partial charge in [-0.25, -0.2) is 0 Å². The Bertz CT molecular complexity index is 331. The minimum absolute atomic E-state index is 0.704. The third kappa shape index (κ3) is 2.01. The first kappa shape index (κ1) is 10.1. The molecular weight excluding hydrogens is 186 g/mol. The number of piperidine rings is 1. The Labute approximate surface area is 91.1 Å². The lowest BCUT2D eigenvalue weighted by Crippen LogP contribution is -2.29. The largest absolute Gasteiger partial charge is 0.397 e. The Balaban J connectivity index is 2.27. The summed E-state index contributed by atoms with van der Waals surface area (Å²) in [6.07, 6.45) is 3.91. The number of hydrogen-bond donors (Lipinski definition) is 2. The van der Waals surface area contributed by atoms with Crippen LogP contribution in [0.2, 0.25) is 0 Å². The van der Waals surface area contributed by atoms with Crippen molar-refractivity contribution in [3.05, 3.63) is 17.7 Å². The predicted molar refractivity (Wildman–Crippen MR) is 66.1 cm³/mol. The summed E-state index contributed by atoms with van der Waals surface area (Å²) in [5.41, 5.74) is 15.4. The van der Waals surface area contributed by atoms with E-state index in [4.69, 9.17) is 11.5 Å². The van der Waals surface area contributed by atoms with E-state index in [9.17, 15) is 0 Å². The van der Waals surface area contributed by atoms with E-state index >= 15 is 0 Å². The first-order valence-electron chi connectivity index (χ1n) is 5.59. The van der Waals surface area contributed by atoms with Crippen molar-refractivity contribution >= 4 is 17.1 Å². The van der Waals surface area contributed by atoms with Gasteiger partial charge in [-0.15, -0.1) is 0 Å². The van der Waals surface area contributed by atoms with Crippen molar-refractivity contribution in [2.24, 2.45) is 0 Å². The molecule has 3 heteroatoms. The number of benzene rings is 1. The summed E-state index contributed by atoms with van der Waals surface area (Å²) in [6.45, 7) is 4.30. The first-order chi connectivity index (χ1) is 7.18. The normalized spacial score (nSPS) is 16.7. The van der Waals surface area contributed by atoms with Crippen molar-refractivity contribution in [2.45, 2.75) is 26.2 Å². The van der Waals surface area contributed by atoms with Crippen LogP contribution in [0.1, 0.15) is 24.8 Å². The molecule has 0 radical (unpaired) electrons. The van der Waals surface area contributed by atoms with Gasteiger partial charge in [0, 0.05) is 18.8 Å². The molecular formula is C12H19N3. The average Bonchev–Trinajstić information content (AvgIpc) is 2.26. The standard InChI is InChI=1S/C12H19N3/c1-9-7-10(8-11(13)12(9)14)15-5-3-2-4-6-15/h7-8H,2-6,13-14H2,1H3. The topological polar surface area (TPSA) is 55.3 Å². The highest BCUT2D eigenvalue weighted by molar-refractivity contribution is 5.73. The minimum Gasteiger partial charge on any atom is -0.397 e. The van der Waals surface area contributed by atoms with Crippen molar-refractivity contribution in [1.29, 1.82) is 0 Å². The van der Waals surface area contributed by atoms with Crippen LogP contribution in [0.5, 0.6) is 0 Å². The number of hydrogen-bond acceptors (Lipinski definition) is 3. The van der Waals surface area contributed by atoms with Crippen LogP contribution in [0, 0.1) is 6.92 Å². The zero-order valence-electron chi connectivity index (χ0n) is 9.29. The van der Waals surface area contributed by atoms with Gasteiger partial charge in [0.2, 0.25) is 0 Å². The van der Waals surface area contributed by atoms with Gasteiger partial charge in [-0.05, 0) is 43.9 Å². The fourth-order valence-corrected chi connectivity index (χ4v) is 2.14. The zero-order chi connectivity index (χ0) is 10.8. The molecule has 82 valence electrons. The molecule has 2 rings (SSSR count). The van der Waals surface area contributed by atoms with Gasteiger partial charge in [0.1, 0.15) is 0 Å². The molecule has 15 heavy (non-hydrogen) atoms. The van der Waals surface area contributed by atoms with E-state index in [-0.39, 0.29) is 0 Å². The van der Waals surface area contributed by atoms with E-state index in [1.165, 1.54) is 24.9 Å². The van der Waals surface area contributed by atoms with Crippen molar-refractivity contribution in [3.63, 3.8) is 0 Å². The number of aryl methyl sites for hydroxylation is 1. The zero-order valence-corrected chi connectivity index (χ0v) is 9.29. The van der Waals surface area contributed by atoms with Crippen LogP contribution in [0.3, 0.4) is 0 Å². The molecule has 0 atom stereocenters. The van der Waals surface area contributed by atoms with Crippen LogP contribution in [0.4, 0.5) is 17.1 Å². The fourth-order valence-electron chi connectivity index (χ4n) is 2.14. The van der Waals surface area contributed by atoms with Gasteiger partial charge in [-0.3, -0.25) is 0 Å². The maximum absolute atomic E-state index is 5.88. The quantitative estimate of drug-likeness (QED) is 0.691. The Morgan fingerprint density at radius 1 is 1.07 bits per heavy atom. The molecule has 1 heterocycles. The average molecular weight is 205 g/mol. The summed E-state index contributed by atoms with van der Waals surface area (Å²) in [5.74, 6) is 0. The lowest BCUT2D eigenvalue weighted by Gasteiger charge is -2.29. The smallest absolute Gasteiger partial charge is 0.0579 e. The SMILES string of the molecule is Cc1cc(N2CCCCC2)cc(N)c1N. The highest BCUT2D eigenvalue weighted by Crippen LogP contribution is 2.28. The summed E-state index contributed by atoms with van der Waals surface area (Å²) in [6, 6.07) is 4.13. The molecule has 0 unspecified atom stereocenters. The molecule has 4 N–H and O–H groups in total. The van der Waals surface area contributed by atoms with E-state index in [2.05, 4.69) is 11.0 Å². The van der Waals surface area contributed by atoms with Crippen LogP contribution < -0.4 is 16.4 Å². The molecule has 1 saturated heterocycles. The van der Waals surface area contributed by atoms with E-state index in [0.717, 1.165) is 24.3 Å². The fraction of sp³-hybridized carbons (Fsp3) is 0.500. The molecule has 0 saturated carbocycles. The third-order valence-corrected chi connectivity index (χ3v) is 3.12. The lowest BCUT2D eigenvalue weighted by atomic mass is 10.1. The Morgan fingerprint density at radius 3 is 2.33 bits per heavy atom. The number of rotatable bonds is 1. The number of anilines is 3. The van der Waals surface area contributed by atoms with Crippen molar-refractivity contribution < 1.29 is 0 Å². The van der Waals surface area contributed by atoms with Crippen LogP contribution in [0.15, 0.2) is 12.1 Å². The summed E-state index contributed by atoms with van der Waals surface area (Å²) >= 11 is 0. The molecule has 0 bridgehead atoms. The lowest BCUT2D eigenvalue weighted by molar-refractivity contribution is 0.578. The second kappa shape index (κ2) is 4.01. The monoisotopic (exact) mass is 205 g/mol. The highest BCUT2D eigenvalue weighted by atomic mass is 15.1. The van der Waals surface area contributed by atoms with Crippen molar-refractivity contribution in [2.75, 3.05) is 29.5 Å². The second-order valence-corrected chi connectivity index (χ2v) is 4.31. The Morgan fingerprint density at radius 2 is 1.73 bits per heavy atom. The molecule has 1 fully saturated rings. The highest BCUT2D eigenvalue weighted by Gasteiger charge is 2.12. The second-order valence-electron chi connectivity index (χ2n) is 4.31. The van der Waals surface area contributed by atoms with Crippen molar-refractivity contribution in [3.8, 4) is 0 Å². The maximum Gasteiger partial charge on any atom is 0.0579 e. The molecule has 0 aliphatic carbocycles. The van der Waals surface area contributed by atoms with Gasteiger partial charge in [-0.1, -0.05) is 0 Å². The summed E-state index contributed by atoms with van der Waals surface area (Å²) in [4.78, 5) is 2.40. The molecule has 1 aliphatic heterocycles. The third-order valence-electron chi connectivity index (χ3n) is 3.12. The molecule has 0 amide bonds. The maximum atomic E-state index is 5.88. The molecule has 1 aromatic carbocycles. The summed E-state index contributed by atoms with van der Waals surface area (Å²) in [5, 5.41) is 0. The van der Waals surface area contributed by atoms with Crippen molar-refractivity contribution in [1.82, 2.24) is 0 Å². The molecule has 0 aromatic heterocycles.